The van der Waals surface area contributed by atoms with Crippen LogP contribution in [0.5, 0.6) is 0 Å². The maximum absolute atomic E-state index is 13.4. The van der Waals surface area contributed by atoms with Crippen molar-refractivity contribution in [1.29, 1.82) is 0 Å². The lowest BCUT2D eigenvalue weighted by molar-refractivity contribution is 0.402. The van der Waals surface area contributed by atoms with Gasteiger partial charge in [-0.05, 0) is 62.8 Å². The van der Waals surface area contributed by atoms with Crippen LogP contribution in [0.3, 0.4) is 0 Å². The Kier molecular flexibility index (Phi) is 6.29. The van der Waals surface area contributed by atoms with Crippen molar-refractivity contribution in [2.75, 3.05) is 14.1 Å². The van der Waals surface area contributed by atoms with Gasteiger partial charge in [0.15, 0.2) is 0 Å². The Bertz CT molecular complexity index is 1090. The zero-order valence-corrected chi connectivity index (χ0v) is 19.9. The molecule has 0 spiro atoms. The molecule has 3 rings (SSSR count). The van der Waals surface area contributed by atoms with Gasteiger partial charge in [0, 0.05) is 21.0 Å². The summed E-state index contributed by atoms with van der Waals surface area (Å²) in [4.78, 5) is 3.35. The first-order valence-corrected chi connectivity index (χ1v) is 12.2. The lowest BCUT2D eigenvalue weighted by atomic mass is 10.0. The fourth-order valence-electron chi connectivity index (χ4n) is 2.86. The molecule has 2 aromatic carbocycles. The molecule has 0 aliphatic carbocycles. The molecular weight excluding hydrogens is 456 g/mol. The molecule has 4 nitrogen and oxygen atoms in total. The van der Waals surface area contributed by atoms with Crippen LogP contribution in [0, 0.1) is 0 Å². The molecule has 0 amide bonds. The second-order valence-electron chi connectivity index (χ2n) is 7.36. The average Bonchev–Trinajstić information content (AvgIpc) is 3.00. The summed E-state index contributed by atoms with van der Waals surface area (Å²) in [5.74, 6) is 0.358. The highest BCUT2D eigenvalue weighted by molar-refractivity contribution is 9.10. The predicted octanol–water partition coefficient (Wildman–Crippen LogP) is 5.76. The molecule has 1 atom stereocenters. The van der Waals surface area contributed by atoms with Gasteiger partial charge >= 0.3 is 0 Å². The number of aromatic nitrogens is 1. The van der Waals surface area contributed by atoms with E-state index >= 15 is 0 Å². The van der Waals surface area contributed by atoms with E-state index in [0.29, 0.717) is 16.3 Å². The Balaban J connectivity index is 2.13. The number of rotatable bonds is 6. The van der Waals surface area contributed by atoms with Gasteiger partial charge in [0.05, 0.1) is 15.8 Å². The Morgan fingerprint density at radius 2 is 1.68 bits per heavy atom. The van der Waals surface area contributed by atoms with Crippen LogP contribution >= 0.6 is 27.7 Å². The summed E-state index contributed by atoms with van der Waals surface area (Å²) in [6.07, 6.45) is 1.74. The molecule has 150 valence electrons. The predicted molar refractivity (Wildman–Crippen MR) is 122 cm³/mol. The van der Waals surface area contributed by atoms with Crippen LogP contribution < -0.4 is 0 Å². The third kappa shape index (κ3) is 4.17. The van der Waals surface area contributed by atoms with Crippen molar-refractivity contribution in [3.05, 3.63) is 58.7 Å². The van der Waals surface area contributed by atoms with E-state index in [4.69, 9.17) is 0 Å². The van der Waals surface area contributed by atoms with Crippen molar-refractivity contribution in [3.8, 4) is 0 Å². The van der Waals surface area contributed by atoms with E-state index in [1.807, 2.05) is 44.4 Å². The lowest BCUT2D eigenvalue weighted by Gasteiger charge is -2.18. The minimum absolute atomic E-state index is 0.214. The molecule has 0 saturated heterocycles. The second-order valence-corrected chi connectivity index (χ2v) is 11.4. The van der Waals surface area contributed by atoms with Gasteiger partial charge in [0.25, 0.3) is 10.0 Å². The fraction of sp³-hybridized carbons (Fsp3) is 0.333. The molecule has 0 fully saturated rings. The number of thioether (sulfide) groups is 1. The van der Waals surface area contributed by atoms with Crippen molar-refractivity contribution in [3.63, 3.8) is 0 Å². The molecule has 7 heteroatoms. The van der Waals surface area contributed by atoms with Crippen LogP contribution in [0.25, 0.3) is 10.9 Å². The van der Waals surface area contributed by atoms with E-state index in [2.05, 4.69) is 41.6 Å². The van der Waals surface area contributed by atoms with Crippen LogP contribution in [0.1, 0.15) is 32.3 Å². The highest BCUT2D eigenvalue weighted by Crippen LogP contribution is 2.36. The van der Waals surface area contributed by atoms with Crippen molar-refractivity contribution in [2.24, 2.45) is 0 Å². The number of fused-ring (bicyclic) bond motifs is 1. The van der Waals surface area contributed by atoms with E-state index < -0.39 is 10.0 Å². The average molecular weight is 481 g/mol. The summed E-state index contributed by atoms with van der Waals surface area (Å²) in [6, 6.07) is 12.9. The topological polar surface area (TPSA) is 42.3 Å². The van der Waals surface area contributed by atoms with E-state index in [0.717, 1.165) is 20.3 Å². The molecule has 0 saturated carbocycles. The molecule has 0 aliphatic heterocycles. The molecule has 3 aromatic rings. The summed E-state index contributed by atoms with van der Waals surface area (Å²) < 4.78 is 29.1. The summed E-state index contributed by atoms with van der Waals surface area (Å²) in [7, 11) is 0.346. The Morgan fingerprint density at radius 1 is 1.04 bits per heavy atom. The minimum atomic E-state index is -3.68. The van der Waals surface area contributed by atoms with Gasteiger partial charge < -0.3 is 0 Å². The quantitative estimate of drug-likeness (QED) is 0.332. The van der Waals surface area contributed by atoms with Gasteiger partial charge in [0.1, 0.15) is 0 Å². The number of halogens is 1. The first kappa shape index (κ1) is 21.4. The van der Waals surface area contributed by atoms with Crippen molar-refractivity contribution < 1.29 is 8.42 Å². The summed E-state index contributed by atoms with van der Waals surface area (Å²) in [5, 5.41) is 1.14. The van der Waals surface area contributed by atoms with Gasteiger partial charge in [-0.3, -0.25) is 4.90 Å². The monoisotopic (exact) mass is 480 g/mol. The minimum Gasteiger partial charge on any atom is -0.298 e. The second kappa shape index (κ2) is 8.22. The smallest absolute Gasteiger partial charge is 0.268 e. The maximum Gasteiger partial charge on any atom is 0.268 e. The first-order valence-electron chi connectivity index (χ1n) is 9.10. The number of nitrogens with zero attached hydrogens (tertiary/aromatic N) is 2. The van der Waals surface area contributed by atoms with Crippen LogP contribution in [-0.2, 0) is 10.0 Å². The number of benzene rings is 2. The molecule has 1 heterocycles. The van der Waals surface area contributed by atoms with Crippen molar-refractivity contribution in [2.45, 2.75) is 41.9 Å². The van der Waals surface area contributed by atoms with E-state index in [-0.39, 0.29) is 5.37 Å². The Hall–Kier alpha value is -1.28. The maximum atomic E-state index is 13.4. The summed E-state index contributed by atoms with van der Waals surface area (Å²) in [5.41, 5.74) is 1.81. The van der Waals surface area contributed by atoms with Gasteiger partial charge in [-0.2, -0.15) is 0 Å². The van der Waals surface area contributed by atoms with E-state index in [1.165, 1.54) is 3.97 Å². The molecule has 0 aliphatic rings. The number of hydrogen-bond acceptors (Lipinski definition) is 4. The molecule has 1 unspecified atom stereocenters. The lowest BCUT2D eigenvalue weighted by Crippen LogP contribution is -2.20. The van der Waals surface area contributed by atoms with Crippen LogP contribution in [-0.4, -0.2) is 36.8 Å². The molecule has 0 N–H and O–H groups in total. The zero-order valence-electron chi connectivity index (χ0n) is 16.7. The standard InChI is InChI=1S/C21H25BrN2O2S2/c1-14(2)16-6-9-18(10-7-16)28(25,26)24-13-21(27-15(3)23(4)5)19-12-17(22)8-11-20(19)24/h6-15H,1-5H3. The molecular formula is C21H25BrN2O2S2. The zero-order chi connectivity index (χ0) is 20.6. The largest absolute Gasteiger partial charge is 0.298 e. The molecule has 0 bridgehead atoms. The van der Waals surface area contributed by atoms with Crippen molar-refractivity contribution >= 4 is 48.6 Å². The molecule has 1 aromatic heterocycles. The van der Waals surface area contributed by atoms with Crippen LogP contribution in [0.15, 0.2) is 62.9 Å². The van der Waals surface area contributed by atoms with Crippen LogP contribution in [0.4, 0.5) is 0 Å². The van der Waals surface area contributed by atoms with Crippen molar-refractivity contribution in [1.82, 2.24) is 8.87 Å². The third-order valence-corrected chi connectivity index (χ3v) is 8.35. The molecule has 0 radical (unpaired) electrons. The van der Waals surface area contributed by atoms with E-state index in [9.17, 15) is 8.42 Å². The molecule has 28 heavy (non-hydrogen) atoms. The SMILES string of the molecule is CC(C)c1ccc(S(=O)(=O)n2cc(SC(C)N(C)C)c3cc(Br)ccc32)cc1. The van der Waals surface area contributed by atoms with Gasteiger partial charge in [-0.15, -0.1) is 11.8 Å². The van der Waals surface area contributed by atoms with Crippen LogP contribution in [0.2, 0.25) is 0 Å². The Morgan fingerprint density at radius 3 is 2.25 bits per heavy atom. The number of hydrogen-bond donors (Lipinski definition) is 0. The fourth-order valence-corrected chi connectivity index (χ4v) is 5.70. The van der Waals surface area contributed by atoms with E-state index in [1.54, 1.807) is 30.1 Å². The third-order valence-electron chi connectivity index (χ3n) is 4.82. The highest BCUT2D eigenvalue weighted by Gasteiger charge is 2.23. The normalized spacial score (nSPS) is 13.6. The van der Waals surface area contributed by atoms with Gasteiger partial charge in [0.2, 0.25) is 0 Å². The summed E-state index contributed by atoms with van der Waals surface area (Å²) >= 11 is 5.16. The van der Waals surface area contributed by atoms with Gasteiger partial charge in [-0.1, -0.05) is 41.9 Å². The van der Waals surface area contributed by atoms with Gasteiger partial charge in [-0.25, -0.2) is 12.4 Å². The highest BCUT2D eigenvalue weighted by atomic mass is 79.9. The first-order chi connectivity index (χ1) is 13.1. The Labute approximate surface area is 180 Å². The summed E-state index contributed by atoms with van der Waals surface area (Å²) in [6.45, 7) is 6.29.